The maximum absolute atomic E-state index is 13.6. The number of piperidine rings is 1. The molecule has 4 heterocycles. The number of pyridine rings is 1. The predicted molar refractivity (Wildman–Crippen MR) is 123 cm³/mol. The van der Waals surface area contributed by atoms with E-state index in [0.717, 1.165) is 25.8 Å². The number of amides is 1. The summed E-state index contributed by atoms with van der Waals surface area (Å²) in [5, 5.41) is 8.84. The molecule has 0 bridgehead atoms. The van der Waals surface area contributed by atoms with Crippen LogP contribution in [0.1, 0.15) is 29.6 Å². The maximum Gasteiger partial charge on any atom is 0.258 e. The van der Waals surface area contributed by atoms with Crippen molar-refractivity contribution in [2.75, 3.05) is 19.8 Å². The molecule has 1 amide bonds. The van der Waals surface area contributed by atoms with Crippen molar-refractivity contribution in [2.24, 2.45) is 0 Å². The Hall–Kier alpha value is -3.85. The second-order valence-corrected chi connectivity index (χ2v) is 8.97. The van der Waals surface area contributed by atoms with Crippen molar-refractivity contribution in [3.05, 3.63) is 76.5 Å². The van der Waals surface area contributed by atoms with E-state index in [9.17, 15) is 14.0 Å². The summed E-state index contributed by atoms with van der Waals surface area (Å²) in [7, 11) is 0. The Morgan fingerprint density at radius 2 is 1.91 bits per heavy atom. The minimum Gasteiger partial charge on any atom is -0.376 e. The fraction of sp³-hybridized carbons (Fsp3) is 0.280. The van der Waals surface area contributed by atoms with Gasteiger partial charge in [-0.3, -0.25) is 9.59 Å². The van der Waals surface area contributed by atoms with Gasteiger partial charge >= 0.3 is 0 Å². The smallest absolute Gasteiger partial charge is 0.258 e. The molecular formula is C25H22FN5O3. The van der Waals surface area contributed by atoms with Crippen LogP contribution in [0.25, 0.3) is 27.8 Å². The fourth-order valence-corrected chi connectivity index (χ4v) is 4.84. The fourth-order valence-electron chi connectivity index (χ4n) is 4.84. The normalized spacial score (nSPS) is 17.1. The van der Waals surface area contributed by atoms with E-state index in [1.165, 1.54) is 18.2 Å². The number of ether oxygens (including phenoxy) is 1. The lowest BCUT2D eigenvalue weighted by atomic mass is 9.84. The van der Waals surface area contributed by atoms with Gasteiger partial charge < -0.3 is 14.6 Å². The molecule has 2 aliphatic heterocycles. The van der Waals surface area contributed by atoms with Crippen molar-refractivity contribution >= 4 is 16.8 Å². The topological polar surface area (TPSA) is 93.1 Å². The Balaban J connectivity index is 1.26. The standard InChI is InChI=1S/C25H22FN5O3/c26-18-5-8-21-17(11-18)12-20(23(32)27-21)22-13-31(29-28-22)19-6-3-16(4-7-19)24(33)30-10-2-1-9-25(30)14-34-15-25/h3-8,11-13H,1-2,9-10,14-15H2,(H,27,32). The molecule has 2 aromatic carbocycles. The highest BCUT2D eigenvalue weighted by Crippen LogP contribution is 2.35. The number of halogens is 1. The van der Waals surface area contributed by atoms with E-state index >= 15 is 0 Å². The molecule has 9 heteroatoms. The van der Waals surface area contributed by atoms with Gasteiger partial charge in [-0.1, -0.05) is 5.21 Å². The molecule has 0 aliphatic carbocycles. The Morgan fingerprint density at radius 3 is 2.68 bits per heavy atom. The summed E-state index contributed by atoms with van der Waals surface area (Å²) in [6.07, 6.45) is 4.75. The van der Waals surface area contributed by atoms with Crippen molar-refractivity contribution in [1.29, 1.82) is 0 Å². The summed E-state index contributed by atoms with van der Waals surface area (Å²) in [5.41, 5.74) is 2.06. The van der Waals surface area contributed by atoms with Crippen LogP contribution in [-0.2, 0) is 4.74 Å². The van der Waals surface area contributed by atoms with E-state index in [1.807, 2.05) is 4.90 Å². The Kier molecular flexibility index (Phi) is 4.80. The number of fused-ring (bicyclic) bond motifs is 1. The number of carbonyl (C=O) groups excluding carboxylic acids is 1. The minimum atomic E-state index is -0.385. The van der Waals surface area contributed by atoms with Crippen molar-refractivity contribution in [3.63, 3.8) is 0 Å². The largest absolute Gasteiger partial charge is 0.376 e. The van der Waals surface area contributed by atoms with Crippen LogP contribution in [0.15, 0.2) is 59.5 Å². The van der Waals surface area contributed by atoms with Crippen LogP contribution in [-0.4, -0.2) is 56.1 Å². The number of H-pyrrole nitrogens is 1. The molecule has 4 aromatic rings. The third-order valence-corrected chi connectivity index (χ3v) is 6.79. The van der Waals surface area contributed by atoms with E-state index in [2.05, 4.69) is 15.3 Å². The van der Waals surface area contributed by atoms with Gasteiger partial charge in [0.05, 0.1) is 36.2 Å². The minimum absolute atomic E-state index is 0.0174. The second kappa shape index (κ2) is 7.88. The number of aromatic amines is 1. The van der Waals surface area contributed by atoms with Crippen LogP contribution in [0.4, 0.5) is 4.39 Å². The Morgan fingerprint density at radius 1 is 1.09 bits per heavy atom. The van der Waals surface area contributed by atoms with Crippen molar-refractivity contribution in [1.82, 2.24) is 24.9 Å². The highest BCUT2D eigenvalue weighted by Gasteiger charge is 2.47. The average Bonchev–Trinajstić information content (AvgIpc) is 3.32. The second-order valence-electron chi connectivity index (χ2n) is 8.97. The van der Waals surface area contributed by atoms with Gasteiger partial charge in [-0.05, 0) is 67.8 Å². The summed E-state index contributed by atoms with van der Waals surface area (Å²) in [5.74, 6) is -0.368. The van der Waals surface area contributed by atoms with Gasteiger partial charge in [-0.2, -0.15) is 0 Å². The molecule has 1 spiro atoms. The van der Waals surface area contributed by atoms with Gasteiger partial charge in [0, 0.05) is 23.0 Å². The molecule has 2 aliphatic rings. The molecule has 0 radical (unpaired) electrons. The Bertz CT molecular complexity index is 1460. The predicted octanol–water partition coefficient (Wildman–Crippen LogP) is 3.31. The SMILES string of the molecule is O=C(c1ccc(-n2cc(-c3cc4cc(F)ccc4[nH]c3=O)nn2)cc1)N1CCCCC12COC2. The van der Waals surface area contributed by atoms with Crippen molar-refractivity contribution in [2.45, 2.75) is 24.8 Å². The molecule has 172 valence electrons. The van der Waals surface area contributed by atoms with E-state index in [4.69, 9.17) is 4.74 Å². The van der Waals surface area contributed by atoms with Crippen molar-refractivity contribution < 1.29 is 13.9 Å². The first-order chi connectivity index (χ1) is 16.5. The lowest BCUT2D eigenvalue weighted by Gasteiger charge is -2.52. The number of nitrogens with zero attached hydrogens (tertiary/aromatic N) is 4. The van der Waals surface area contributed by atoms with Crippen LogP contribution in [0.3, 0.4) is 0 Å². The quantitative estimate of drug-likeness (QED) is 0.507. The summed E-state index contributed by atoms with van der Waals surface area (Å²) >= 11 is 0. The van der Waals surface area contributed by atoms with Crippen molar-refractivity contribution in [3.8, 4) is 16.9 Å². The molecule has 8 nitrogen and oxygen atoms in total. The number of nitrogens with one attached hydrogen (secondary N) is 1. The van der Waals surface area contributed by atoms with E-state index in [-0.39, 0.29) is 22.8 Å². The molecule has 6 rings (SSSR count). The molecule has 1 N–H and O–H groups in total. The molecule has 2 aromatic heterocycles. The highest BCUT2D eigenvalue weighted by molar-refractivity contribution is 5.95. The first kappa shape index (κ1) is 20.7. The van der Waals surface area contributed by atoms with E-state index in [1.54, 1.807) is 41.2 Å². The van der Waals surface area contributed by atoms with Gasteiger partial charge in [0.1, 0.15) is 11.5 Å². The molecule has 0 unspecified atom stereocenters. The first-order valence-electron chi connectivity index (χ1n) is 11.3. The third kappa shape index (κ3) is 3.40. The summed E-state index contributed by atoms with van der Waals surface area (Å²) in [6, 6.07) is 13.0. The van der Waals surface area contributed by atoms with Gasteiger partial charge in [-0.25, -0.2) is 9.07 Å². The van der Waals surface area contributed by atoms with Gasteiger partial charge in [0.2, 0.25) is 0 Å². The molecule has 34 heavy (non-hydrogen) atoms. The number of hydrogen-bond donors (Lipinski definition) is 1. The third-order valence-electron chi connectivity index (χ3n) is 6.79. The van der Waals surface area contributed by atoms with Gasteiger partial charge in [0.25, 0.3) is 11.5 Å². The summed E-state index contributed by atoms with van der Waals surface area (Å²) in [4.78, 5) is 30.4. The summed E-state index contributed by atoms with van der Waals surface area (Å²) in [6.45, 7) is 1.97. The molecular weight excluding hydrogens is 437 g/mol. The van der Waals surface area contributed by atoms with Gasteiger partial charge in [-0.15, -0.1) is 5.10 Å². The first-order valence-corrected chi connectivity index (χ1v) is 11.3. The van der Waals surface area contributed by atoms with Gasteiger partial charge in [0.15, 0.2) is 0 Å². The Labute approximate surface area is 194 Å². The molecule has 0 saturated carbocycles. The molecule has 2 fully saturated rings. The average molecular weight is 459 g/mol. The monoisotopic (exact) mass is 459 g/mol. The maximum atomic E-state index is 13.6. The van der Waals surface area contributed by atoms with Crippen LogP contribution < -0.4 is 5.56 Å². The number of carbonyl (C=O) groups is 1. The molecule has 0 atom stereocenters. The zero-order valence-corrected chi connectivity index (χ0v) is 18.3. The van der Waals surface area contributed by atoms with Crippen LogP contribution in [0.5, 0.6) is 0 Å². The number of benzene rings is 2. The number of hydrogen-bond acceptors (Lipinski definition) is 5. The van der Waals surface area contributed by atoms with Crippen LogP contribution in [0, 0.1) is 5.82 Å². The number of aromatic nitrogens is 4. The zero-order valence-electron chi connectivity index (χ0n) is 18.3. The van der Waals surface area contributed by atoms with Crippen LogP contribution >= 0.6 is 0 Å². The lowest BCUT2D eigenvalue weighted by molar-refractivity contribution is -0.139. The molecule has 2 saturated heterocycles. The zero-order chi connectivity index (χ0) is 23.3. The number of likely N-dealkylation sites (tertiary alicyclic amines) is 1. The van der Waals surface area contributed by atoms with Crippen LogP contribution in [0.2, 0.25) is 0 Å². The van der Waals surface area contributed by atoms with E-state index < -0.39 is 0 Å². The van der Waals surface area contributed by atoms with E-state index in [0.29, 0.717) is 46.6 Å². The number of rotatable bonds is 3. The summed E-state index contributed by atoms with van der Waals surface area (Å²) < 4.78 is 20.6. The lowest BCUT2D eigenvalue weighted by Crippen LogP contribution is -2.65. The highest BCUT2D eigenvalue weighted by atomic mass is 19.1.